The van der Waals surface area contributed by atoms with E-state index in [0.29, 0.717) is 28.5 Å². The third kappa shape index (κ3) is 7.53. The maximum atomic E-state index is 14.0. The van der Waals surface area contributed by atoms with Crippen LogP contribution in [-0.2, 0) is 22.5 Å². The number of ether oxygens (including phenoxy) is 2. The van der Waals surface area contributed by atoms with Gasteiger partial charge in [0.25, 0.3) is 0 Å². The van der Waals surface area contributed by atoms with Crippen LogP contribution in [0.25, 0.3) is 11.1 Å². The van der Waals surface area contributed by atoms with Crippen molar-refractivity contribution in [3.63, 3.8) is 0 Å². The number of hydrogen-bond donors (Lipinski definition) is 2. The fraction of sp³-hybridized carbons (Fsp3) is 0.250. The molecule has 0 saturated carbocycles. The molecule has 0 radical (unpaired) electrons. The summed E-state index contributed by atoms with van der Waals surface area (Å²) in [5, 5.41) is 13.5. The molecular formula is C36H36ClN2O6+. The Morgan fingerprint density at radius 2 is 1.51 bits per heavy atom. The van der Waals surface area contributed by atoms with Gasteiger partial charge in [0.2, 0.25) is 0 Å². The second-order valence-electron chi connectivity index (χ2n) is 12.1. The van der Waals surface area contributed by atoms with E-state index in [9.17, 15) is 19.5 Å². The van der Waals surface area contributed by atoms with Gasteiger partial charge >= 0.3 is 18.1 Å². The van der Waals surface area contributed by atoms with Crippen LogP contribution >= 0.6 is 11.6 Å². The molecule has 1 heterocycles. The summed E-state index contributed by atoms with van der Waals surface area (Å²) in [6, 6.07) is 29.0. The summed E-state index contributed by atoms with van der Waals surface area (Å²) in [5.41, 5.74) is 3.42. The molecule has 0 aromatic heterocycles. The molecule has 0 spiro atoms. The number of halogens is 1. The van der Waals surface area contributed by atoms with Crippen molar-refractivity contribution in [1.82, 2.24) is 5.32 Å². The van der Waals surface area contributed by atoms with Crippen LogP contribution in [-0.4, -0.2) is 46.4 Å². The van der Waals surface area contributed by atoms with Gasteiger partial charge < -0.3 is 19.9 Å². The molecule has 45 heavy (non-hydrogen) atoms. The van der Waals surface area contributed by atoms with Crippen molar-refractivity contribution in [3.05, 3.63) is 119 Å². The topological polar surface area (TPSA) is 102 Å². The van der Waals surface area contributed by atoms with Crippen LogP contribution in [0.4, 0.5) is 9.59 Å². The smallest absolute Gasteiger partial charge is 0.481 e. The summed E-state index contributed by atoms with van der Waals surface area (Å²) in [5.74, 6) is -0.962. The lowest BCUT2D eigenvalue weighted by molar-refractivity contribution is -0.795. The van der Waals surface area contributed by atoms with E-state index in [1.807, 2.05) is 60.7 Å². The number of imide groups is 1. The monoisotopic (exact) mass is 627 g/mol. The first kappa shape index (κ1) is 31.8. The average molecular weight is 628 g/mol. The number of aliphatic carboxylic acids is 1. The van der Waals surface area contributed by atoms with Crippen molar-refractivity contribution in [2.75, 3.05) is 13.1 Å². The largest absolute Gasteiger partial charge is 0.526 e. The molecule has 0 aliphatic carbocycles. The van der Waals surface area contributed by atoms with E-state index >= 15 is 0 Å². The SMILES string of the molecule is CC(C)(C)OC(=O)[N+]1(C(=O)NCC(C(=O)O)c2ccc(-c3ccccc3)cc2)CCc2ccc(Oc3ccc(Cl)cc3)cc2C1. The van der Waals surface area contributed by atoms with Crippen LogP contribution in [0.15, 0.2) is 97.1 Å². The minimum Gasteiger partial charge on any atom is -0.481 e. The first-order valence-electron chi connectivity index (χ1n) is 14.8. The molecule has 5 rings (SSSR count). The van der Waals surface area contributed by atoms with Gasteiger partial charge in [-0.15, -0.1) is 4.48 Å². The Labute approximate surface area is 267 Å². The molecule has 0 saturated heterocycles. The Morgan fingerprint density at radius 3 is 2.16 bits per heavy atom. The molecule has 4 aromatic carbocycles. The maximum absolute atomic E-state index is 14.0. The molecule has 1 aliphatic heterocycles. The van der Waals surface area contributed by atoms with E-state index in [0.717, 1.165) is 22.3 Å². The summed E-state index contributed by atoms with van der Waals surface area (Å²) >= 11 is 6.00. The molecule has 0 fully saturated rings. The molecule has 8 nitrogen and oxygen atoms in total. The standard InChI is InChI=1S/C36H35ClN2O6/c1-36(2,3)45-35(43)39(20-19-26-13-16-31(21-28(26)23-39)44-30-17-14-29(37)15-18-30)34(42)38-22-32(33(40)41)27-11-9-25(10-12-27)24-7-5-4-6-8-24/h4-18,21,32H,19-20,22-23H2,1-3H3,(H-,38,40,41,42)/p+1. The van der Waals surface area contributed by atoms with Crippen LogP contribution in [0.3, 0.4) is 0 Å². The lowest BCUT2D eigenvalue weighted by atomic mass is 9.96. The van der Waals surface area contributed by atoms with Crippen molar-refractivity contribution >= 4 is 29.7 Å². The molecule has 4 aromatic rings. The number of carboxylic acid groups (broad SMARTS) is 1. The van der Waals surface area contributed by atoms with E-state index < -0.39 is 34.1 Å². The van der Waals surface area contributed by atoms with Gasteiger partial charge in [-0.05, 0) is 79.4 Å². The van der Waals surface area contributed by atoms with Gasteiger partial charge in [-0.25, -0.2) is 4.79 Å². The Hall–Kier alpha value is -4.66. The van der Waals surface area contributed by atoms with Gasteiger partial charge in [0, 0.05) is 23.6 Å². The Balaban J connectivity index is 1.38. The number of carbonyl (C=O) groups excluding carboxylic acids is 2. The molecule has 1 aliphatic rings. The normalized spacial score (nSPS) is 16.6. The van der Waals surface area contributed by atoms with Gasteiger partial charge in [-0.2, -0.15) is 4.79 Å². The molecule has 2 atom stereocenters. The van der Waals surface area contributed by atoms with E-state index in [2.05, 4.69) is 5.32 Å². The van der Waals surface area contributed by atoms with Crippen molar-refractivity contribution in [1.29, 1.82) is 0 Å². The highest BCUT2D eigenvalue weighted by molar-refractivity contribution is 6.30. The van der Waals surface area contributed by atoms with E-state index in [1.54, 1.807) is 57.2 Å². The number of carbonyl (C=O) groups is 3. The number of nitrogens with zero attached hydrogens (tertiary/aromatic N) is 1. The van der Waals surface area contributed by atoms with Gasteiger partial charge in [-0.1, -0.05) is 72.3 Å². The fourth-order valence-electron chi connectivity index (χ4n) is 5.37. The molecular weight excluding hydrogens is 592 g/mol. The van der Waals surface area contributed by atoms with Gasteiger partial charge in [0.05, 0.1) is 5.92 Å². The number of hydrogen-bond acceptors (Lipinski definition) is 5. The van der Waals surface area contributed by atoms with Crippen LogP contribution < -0.4 is 10.1 Å². The van der Waals surface area contributed by atoms with Crippen LogP contribution in [0.1, 0.15) is 43.4 Å². The molecule has 2 N–H and O–H groups in total. The third-order valence-corrected chi connectivity index (χ3v) is 7.99. The summed E-state index contributed by atoms with van der Waals surface area (Å²) < 4.78 is 11.1. The number of benzene rings is 4. The summed E-state index contributed by atoms with van der Waals surface area (Å²) in [7, 11) is 0. The van der Waals surface area contributed by atoms with Crippen LogP contribution in [0.5, 0.6) is 11.5 Å². The van der Waals surface area contributed by atoms with E-state index in [1.165, 1.54) is 0 Å². The lowest BCUT2D eigenvalue weighted by Gasteiger charge is -2.37. The second-order valence-corrected chi connectivity index (χ2v) is 12.6. The quantitative estimate of drug-likeness (QED) is 0.200. The van der Waals surface area contributed by atoms with Crippen LogP contribution in [0, 0.1) is 0 Å². The van der Waals surface area contributed by atoms with Crippen molar-refractivity contribution in [2.24, 2.45) is 0 Å². The van der Waals surface area contributed by atoms with E-state index in [-0.39, 0.29) is 19.6 Å². The first-order valence-corrected chi connectivity index (χ1v) is 15.1. The molecule has 9 heteroatoms. The maximum Gasteiger partial charge on any atom is 0.526 e. The number of fused-ring (bicyclic) bond motifs is 1. The fourth-order valence-corrected chi connectivity index (χ4v) is 5.49. The zero-order valence-electron chi connectivity index (χ0n) is 25.5. The number of amides is 3. The molecule has 2 unspecified atom stereocenters. The first-order chi connectivity index (χ1) is 21.4. The lowest BCUT2D eigenvalue weighted by Crippen LogP contribution is -2.63. The number of carboxylic acids is 1. The Morgan fingerprint density at radius 1 is 0.867 bits per heavy atom. The van der Waals surface area contributed by atoms with Crippen molar-refractivity contribution in [3.8, 4) is 22.6 Å². The van der Waals surface area contributed by atoms with Crippen molar-refractivity contribution in [2.45, 2.75) is 45.3 Å². The summed E-state index contributed by atoms with van der Waals surface area (Å²) in [4.78, 5) is 40.1. The third-order valence-electron chi connectivity index (χ3n) is 7.74. The number of nitrogens with one attached hydrogen (secondary N) is 1. The van der Waals surface area contributed by atoms with Gasteiger partial charge in [0.15, 0.2) is 0 Å². The minimum absolute atomic E-state index is 0.0252. The van der Waals surface area contributed by atoms with E-state index in [4.69, 9.17) is 21.1 Å². The highest BCUT2D eigenvalue weighted by Gasteiger charge is 2.50. The number of quaternary nitrogens is 1. The summed E-state index contributed by atoms with van der Waals surface area (Å²) in [6.07, 6.45) is -0.263. The highest BCUT2D eigenvalue weighted by Crippen LogP contribution is 2.33. The number of rotatable bonds is 7. The second kappa shape index (κ2) is 13.1. The molecule has 3 amide bonds. The van der Waals surface area contributed by atoms with Gasteiger partial charge in [-0.3, -0.25) is 4.79 Å². The van der Waals surface area contributed by atoms with Gasteiger partial charge in [0.1, 0.15) is 30.2 Å². The highest BCUT2D eigenvalue weighted by atomic mass is 35.5. The van der Waals surface area contributed by atoms with Crippen molar-refractivity contribution < 1.29 is 33.4 Å². The average Bonchev–Trinajstić information content (AvgIpc) is 3.01. The zero-order chi connectivity index (χ0) is 32.2. The predicted octanol–water partition coefficient (Wildman–Crippen LogP) is 8.19. The predicted molar refractivity (Wildman–Crippen MR) is 172 cm³/mol. The molecule has 0 bridgehead atoms. The Bertz CT molecular complexity index is 1680. The zero-order valence-corrected chi connectivity index (χ0v) is 26.2. The molecule has 232 valence electrons. The minimum atomic E-state index is -1.08. The summed E-state index contributed by atoms with van der Waals surface area (Å²) in [6.45, 7) is 5.22. The Kier molecular flexibility index (Phi) is 9.27. The number of urea groups is 1. The van der Waals surface area contributed by atoms with Crippen LogP contribution in [0.2, 0.25) is 5.02 Å².